The number of rotatable bonds is 9. The fourth-order valence-electron chi connectivity index (χ4n) is 3.40. The molecule has 180 valence electrons. The van der Waals surface area contributed by atoms with Crippen molar-refractivity contribution < 1.29 is 38.3 Å². The normalized spacial score (nSPS) is 27.0. The Morgan fingerprint density at radius 1 is 1.18 bits per heavy atom. The molecule has 3 rings (SSSR count). The lowest BCUT2D eigenvalue weighted by atomic mass is 9.96. The molecule has 0 radical (unpaired) electrons. The van der Waals surface area contributed by atoms with E-state index in [0.29, 0.717) is 11.1 Å². The number of aliphatic hydroxyl groups is 2. The molecular formula is C22H28NO8PS. The van der Waals surface area contributed by atoms with Gasteiger partial charge in [0.25, 0.3) is 5.91 Å². The SMILES string of the molecule is CS[C@@H]1OC(CO)[C@H](O)C(NC(=O)c2ccc(C)cc2)C1OP(=O)(O)OCc1ccccc1. The molecule has 2 aromatic carbocycles. The zero-order valence-corrected chi connectivity index (χ0v) is 19.9. The smallest absolute Gasteiger partial charge is 0.394 e. The van der Waals surface area contributed by atoms with E-state index in [1.165, 1.54) is 0 Å². The molecule has 1 heterocycles. The molecule has 0 spiro atoms. The maximum Gasteiger partial charge on any atom is 0.472 e. The van der Waals surface area contributed by atoms with Crippen molar-refractivity contribution in [3.8, 4) is 0 Å². The summed E-state index contributed by atoms with van der Waals surface area (Å²) in [5, 5.41) is 23.1. The summed E-state index contributed by atoms with van der Waals surface area (Å²) in [5.74, 6) is -0.510. The minimum absolute atomic E-state index is 0.172. The predicted octanol–water partition coefficient (Wildman–Crippen LogP) is 2.24. The number of aliphatic hydroxyl groups excluding tert-OH is 2. The summed E-state index contributed by atoms with van der Waals surface area (Å²) in [4.78, 5) is 23.2. The Labute approximate surface area is 196 Å². The second-order valence-electron chi connectivity index (χ2n) is 7.61. The number of hydrogen-bond donors (Lipinski definition) is 4. The highest BCUT2D eigenvalue weighted by atomic mass is 32.2. The molecule has 4 N–H and O–H groups in total. The fourth-order valence-corrected chi connectivity index (χ4v) is 5.15. The molecular weight excluding hydrogens is 469 g/mol. The molecule has 1 amide bonds. The van der Waals surface area contributed by atoms with Crippen molar-refractivity contribution in [1.29, 1.82) is 0 Å². The highest BCUT2D eigenvalue weighted by molar-refractivity contribution is 7.99. The standard InChI is InChI=1S/C22H28NO8PS/c1-14-8-10-16(11-9-14)21(26)23-18-19(25)17(12-24)30-22(33-2)20(18)31-32(27,28)29-13-15-6-4-3-5-7-15/h3-11,17-20,22,24-25H,12-13H2,1-2H3,(H,23,26)(H,27,28)/t17?,18?,19-,20?,22-/m0/s1. The van der Waals surface area contributed by atoms with E-state index in [9.17, 15) is 24.5 Å². The van der Waals surface area contributed by atoms with Gasteiger partial charge in [0, 0.05) is 5.56 Å². The topological polar surface area (TPSA) is 135 Å². The summed E-state index contributed by atoms with van der Waals surface area (Å²) < 4.78 is 28.9. The second-order valence-corrected chi connectivity index (χ2v) is 9.96. The molecule has 2 aromatic rings. The van der Waals surface area contributed by atoms with E-state index in [0.717, 1.165) is 17.3 Å². The monoisotopic (exact) mass is 497 g/mol. The Morgan fingerprint density at radius 3 is 2.45 bits per heavy atom. The third-order valence-electron chi connectivity index (χ3n) is 5.20. The number of phosphoric ester groups is 1. The first kappa shape index (κ1) is 25.9. The maximum absolute atomic E-state index is 12.8. The number of aryl methyl sites for hydroxylation is 1. The van der Waals surface area contributed by atoms with E-state index in [2.05, 4.69) is 5.32 Å². The quantitative estimate of drug-likeness (QED) is 0.385. The Morgan fingerprint density at radius 2 is 1.85 bits per heavy atom. The lowest BCUT2D eigenvalue weighted by molar-refractivity contribution is -0.162. The van der Waals surface area contributed by atoms with Gasteiger partial charge in [0.1, 0.15) is 23.7 Å². The van der Waals surface area contributed by atoms with Gasteiger partial charge in [-0.3, -0.25) is 13.8 Å². The number of carbonyl (C=O) groups excluding carboxylic acids is 1. The van der Waals surface area contributed by atoms with Crippen LogP contribution in [0.1, 0.15) is 21.5 Å². The van der Waals surface area contributed by atoms with Gasteiger partial charge < -0.3 is 25.2 Å². The first-order valence-electron chi connectivity index (χ1n) is 10.3. The summed E-state index contributed by atoms with van der Waals surface area (Å²) in [6.45, 7) is 1.20. The number of benzene rings is 2. The summed E-state index contributed by atoms with van der Waals surface area (Å²) in [6.07, 6.45) is -1.97. The van der Waals surface area contributed by atoms with Crippen molar-refractivity contribution >= 4 is 25.5 Å². The summed E-state index contributed by atoms with van der Waals surface area (Å²) in [7, 11) is -4.61. The minimum atomic E-state index is -4.61. The molecule has 4 unspecified atom stereocenters. The Hall–Kier alpha value is -1.75. The van der Waals surface area contributed by atoms with Gasteiger partial charge in [-0.2, -0.15) is 0 Å². The molecule has 6 atom stereocenters. The van der Waals surface area contributed by atoms with Crippen LogP contribution < -0.4 is 5.32 Å². The van der Waals surface area contributed by atoms with Crippen LogP contribution in [0.4, 0.5) is 0 Å². The van der Waals surface area contributed by atoms with E-state index in [4.69, 9.17) is 13.8 Å². The lowest BCUT2D eigenvalue weighted by Gasteiger charge is -2.44. The van der Waals surface area contributed by atoms with Gasteiger partial charge in [-0.05, 0) is 30.9 Å². The number of nitrogens with one attached hydrogen (secondary N) is 1. The van der Waals surface area contributed by atoms with E-state index < -0.39 is 50.1 Å². The number of hydrogen-bond acceptors (Lipinski definition) is 8. The lowest BCUT2D eigenvalue weighted by Crippen LogP contribution is -2.64. The number of thioether (sulfide) groups is 1. The van der Waals surface area contributed by atoms with E-state index in [-0.39, 0.29) is 6.61 Å². The van der Waals surface area contributed by atoms with Crippen molar-refractivity contribution in [2.45, 2.75) is 43.3 Å². The molecule has 0 aliphatic carbocycles. The van der Waals surface area contributed by atoms with Crippen molar-refractivity contribution in [3.05, 3.63) is 71.3 Å². The van der Waals surface area contributed by atoms with Crippen molar-refractivity contribution in [2.75, 3.05) is 12.9 Å². The van der Waals surface area contributed by atoms with Crippen LogP contribution in [0.3, 0.4) is 0 Å². The van der Waals surface area contributed by atoms with Gasteiger partial charge in [-0.25, -0.2) is 4.57 Å². The zero-order valence-electron chi connectivity index (χ0n) is 18.2. The largest absolute Gasteiger partial charge is 0.472 e. The number of amides is 1. The zero-order chi connectivity index (χ0) is 24.0. The van der Waals surface area contributed by atoms with Gasteiger partial charge >= 0.3 is 7.82 Å². The van der Waals surface area contributed by atoms with E-state index in [1.807, 2.05) is 6.92 Å². The van der Waals surface area contributed by atoms with Gasteiger partial charge in [0.05, 0.1) is 19.3 Å². The van der Waals surface area contributed by atoms with Crippen LogP contribution in [-0.4, -0.2) is 63.7 Å². The summed E-state index contributed by atoms with van der Waals surface area (Å²) in [6, 6.07) is 14.4. The molecule has 0 aromatic heterocycles. The Balaban J connectivity index is 1.80. The second kappa shape index (κ2) is 11.6. The van der Waals surface area contributed by atoms with Crippen LogP contribution in [-0.2, 0) is 25.0 Å². The van der Waals surface area contributed by atoms with Gasteiger partial charge in [0.15, 0.2) is 0 Å². The number of carbonyl (C=O) groups is 1. The summed E-state index contributed by atoms with van der Waals surface area (Å²) >= 11 is 1.15. The van der Waals surface area contributed by atoms with Crippen LogP contribution in [0, 0.1) is 6.92 Å². The molecule has 11 heteroatoms. The number of phosphoric acid groups is 1. The molecule has 1 fully saturated rings. The predicted molar refractivity (Wildman–Crippen MR) is 124 cm³/mol. The highest BCUT2D eigenvalue weighted by Crippen LogP contribution is 2.48. The molecule has 0 saturated carbocycles. The minimum Gasteiger partial charge on any atom is -0.394 e. The Bertz CT molecular complexity index is 961. The van der Waals surface area contributed by atoms with Crippen molar-refractivity contribution in [3.63, 3.8) is 0 Å². The van der Waals surface area contributed by atoms with Crippen LogP contribution in [0.15, 0.2) is 54.6 Å². The molecule has 33 heavy (non-hydrogen) atoms. The first-order chi connectivity index (χ1) is 15.7. The van der Waals surface area contributed by atoms with Crippen LogP contribution >= 0.6 is 19.6 Å². The van der Waals surface area contributed by atoms with Gasteiger partial charge in [-0.1, -0.05) is 48.0 Å². The molecule has 0 bridgehead atoms. The van der Waals surface area contributed by atoms with E-state index >= 15 is 0 Å². The molecule has 9 nitrogen and oxygen atoms in total. The number of ether oxygens (including phenoxy) is 1. The summed E-state index contributed by atoms with van der Waals surface area (Å²) in [5.41, 5.74) is 1.11. The Kier molecular flexibility index (Phi) is 9.09. The molecule has 1 aliphatic heterocycles. The maximum atomic E-state index is 12.8. The average molecular weight is 498 g/mol. The van der Waals surface area contributed by atoms with Crippen LogP contribution in [0.2, 0.25) is 0 Å². The third-order valence-corrected chi connectivity index (χ3v) is 7.01. The third kappa shape index (κ3) is 6.88. The van der Waals surface area contributed by atoms with Crippen molar-refractivity contribution in [2.24, 2.45) is 0 Å². The van der Waals surface area contributed by atoms with Crippen LogP contribution in [0.25, 0.3) is 0 Å². The first-order valence-corrected chi connectivity index (χ1v) is 13.1. The molecule has 1 aliphatic rings. The average Bonchev–Trinajstić information content (AvgIpc) is 2.81. The van der Waals surface area contributed by atoms with E-state index in [1.54, 1.807) is 60.9 Å². The van der Waals surface area contributed by atoms with Gasteiger partial charge in [-0.15, -0.1) is 11.8 Å². The fraction of sp³-hybridized carbons (Fsp3) is 0.409. The van der Waals surface area contributed by atoms with Crippen LogP contribution in [0.5, 0.6) is 0 Å². The molecule has 1 saturated heterocycles. The van der Waals surface area contributed by atoms with Gasteiger partial charge in [0.2, 0.25) is 0 Å². The van der Waals surface area contributed by atoms with Crippen molar-refractivity contribution in [1.82, 2.24) is 5.32 Å². The highest BCUT2D eigenvalue weighted by Gasteiger charge is 2.49.